The number of amides is 1. The summed E-state index contributed by atoms with van der Waals surface area (Å²) in [5, 5.41) is 3.17. The molecular formula is C15H29NO2. The highest BCUT2D eigenvalue weighted by molar-refractivity contribution is 5.77. The number of rotatable bonds is 3. The van der Waals surface area contributed by atoms with Crippen LogP contribution in [-0.2, 0) is 9.53 Å². The number of carbonyl (C=O) groups excluding carboxylic acids is 1. The van der Waals surface area contributed by atoms with E-state index in [-0.39, 0.29) is 18.6 Å². The first-order valence-electron chi connectivity index (χ1n) is 7.21. The third-order valence-electron chi connectivity index (χ3n) is 4.12. The number of hydrogen-bond donors (Lipinski definition) is 1. The predicted octanol–water partition coefficient (Wildman–Crippen LogP) is 2.70. The van der Waals surface area contributed by atoms with Gasteiger partial charge in [-0.25, -0.2) is 0 Å². The highest BCUT2D eigenvalue weighted by atomic mass is 16.5. The third-order valence-corrected chi connectivity index (χ3v) is 4.12. The zero-order valence-electron chi connectivity index (χ0n) is 12.7. The maximum atomic E-state index is 11.8. The molecule has 0 aromatic heterocycles. The standard InChI is InChI=1S/C15H29NO2/c1-9(2)12-7-18-8-13(17)16-15(11(5)6)14(12)10(3)4/h9-12,14-15H,7-8H2,1-6H3,(H,16,17). The van der Waals surface area contributed by atoms with E-state index in [9.17, 15) is 4.79 Å². The highest BCUT2D eigenvalue weighted by Crippen LogP contribution is 2.34. The molecule has 1 rings (SSSR count). The van der Waals surface area contributed by atoms with Crippen molar-refractivity contribution in [1.82, 2.24) is 5.32 Å². The molecule has 106 valence electrons. The Bertz CT molecular complexity index is 274. The van der Waals surface area contributed by atoms with Crippen molar-refractivity contribution in [3.8, 4) is 0 Å². The minimum absolute atomic E-state index is 0.0292. The number of carbonyl (C=O) groups is 1. The minimum Gasteiger partial charge on any atom is -0.371 e. The minimum atomic E-state index is 0.0292. The molecule has 0 bridgehead atoms. The highest BCUT2D eigenvalue weighted by Gasteiger charge is 2.37. The van der Waals surface area contributed by atoms with Gasteiger partial charge in [-0.15, -0.1) is 0 Å². The van der Waals surface area contributed by atoms with Crippen LogP contribution in [0.25, 0.3) is 0 Å². The van der Waals surface area contributed by atoms with Crippen molar-refractivity contribution in [3.05, 3.63) is 0 Å². The summed E-state index contributed by atoms with van der Waals surface area (Å²) in [6.07, 6.45) is 0. The Morgan fingerprint density at radius 2 is 1.67 bits per heavy atom. The second-order valence-corrected chi connectivity index (χ2v) is 6.58. The molecular weight excluding hydrogens is 226 g/mol. The summed E-state index contributed by atoms with van der Waals surface area (Å²) in [6.45, 7) is 14.3. The van der Waals surface area contributed by atoms with Gasteiger partial charge < -0.3 is 10.1 Å². The summed E-state index contributed by atoms with van der Waals surface area (Å²) >= 11 is 0. The molecule has 1 N–H and O–H groups in total. The molecule has 0 aromatic rings. The Hall–Kier alpha value is -0.570. The molecule has 1 heterocycles. The van der Waals surface area contributed by atoms with Crippen molar-refractivity contribution in [2.75, 3.05) is 13.2 Å². The topological polar surface area (TPSA) is 38.3 Å². The van der Waals surface area contributed by atoms with Crippen LogP contribution < -0.4 is 5.32 Å². The van der Waals surface area contributed by atoms with Gasteiger partial charge in [-0.2, -0.15) is 0 Å². The van der Waals surface area contributed by atoms with Crippen LogP contribution in [0.4, 0.5) is 0 Å². The van der Waals surface area contributed by atoms with Crippen molar-refractivity contribution < 1.29 is 9.53 Å². The fraction of sp³-hybridized carbons (Fsp3) is 0.933. The van der Waals surface area contributed by atoms with Crippen LogP contribution >= 0.6 is 0 Å². The monoisotopic (exact) mass is 255 g/mol. The van der Waals surface area contributed by atoms with E-state index in [1.807, 2.05) is 0 Å². The molecule has 3 unspecified atom stereocenters. The van der Waals surface area contributed by atoms with Crippen LogP contribution in [0.1, 0.15) is 41.5 Å². The second-order valence-electron chi connectivity index (χ2n) is 6.58. The van der Waals surface area contributed by atoms with Gasteiger partial charge in [-0.1, -0.05) is 41.5 Å². The molecule has 1 amide bonds. The van der Waals surface area contributed by atoms with Crippen molar-refractivity contribution in [2.24, 2.45) is 29.6 Å². The van der Waals surface area contributed by atoms with Crippen LogP contribution in [-0.4, -0.2) is 25.2 Å². The van der Waals surface area contributed by atoms with E-state index in [1.165, 1.54) is 0 Å². The van der Waals surface area contributed by atoms with E-state index in [1.54, 1.807) is 0 Å². The van der Waals surface area contributed by atoms with Gasteiger partial charge >= 0.3 is 0 Å². The van der Waals surface area contributed by atoms with Crippen LogP contribution in [0.5, 0.6) is 0 Å². The van der Waals surface area contributed by atoms with Gasteiger partial charge in [0.05, 0.1) is 6.61 Å². The molecule has 18 heavy (non-hydrogen) atoms. The van der Waals surface area contributed by atoms with Gasteiger partial charge in [0, 0.05) is 6.04 Å². The summed E-state index contributed by atoms with van der Waals surface area (Å²) in [7, 11) is 0. The van der Waals surface area contributed by atoms with Crippen molar-refractivity contribution in [1.29, 1.82) is 0 Å². The Kier molecular flexibility index (Phi) is 5.64. The average Bonchev–Trinajstić information content (AvgIpc) is 2.21. The fourth-order valence-corrected chi connectivity index (χ4v) is 3.15. The quantitative estimate of drug-likeness (QED) is 0.842. The van der Waals surface area contributed by atoms with E-state index in [2.05, 4.69) is 46.9 Å². The zero-order valence-corrected chi connectivity index (χ0v) is 12.7. The Labute approximate surface area is 112 Å². The van der Waals surface area contributed by atoms with Crippen LogP contribution in [0.2, 0.25) is 0 Å². The van der Waals surface area contributed by atoms with Crippen LogP contribution in [0.3, 0.4) is 0 Å². The van der Waals surface area contributed by atoms with Gasteiger partial charge in [0.1, 0.15) is 6.61 Å². The maximum Gasteiger partial charge on any atom is 0.246 e. The van der Waals surface area contributed by atoms with Crippen molar-refractivity contribution in [2.45, 2.75) is 47.6 Å². The number of hydrogen-bond acceptors (Lipinski definition) is 2. The number of nitrogens with one attached hydrogen (secondary N) is 1. The van der Waals surface area contributed by atoms with Crippen molar-refractivity contribution >= 4 is 5.91 Å². The summed E-state index contributed by atoms with van der Waals surface area (Å²) in [4.78, 5) is 11.8. The van der Waals surface area contributed by atoms with Crippen LogP contribution in [0.15, 0.2) is 0 Å². The first kappa shape index (κ1) is 15.5. The smallest absolute Gasteiger partial charge is 0.246 e. The molecule has 1 aliphatic heterocycles. The normalized spacial score (nSPS) is 30.5. The molecule has 1 fully saturated rings. The Morgan fingerprint density at radius 1 is 1.06 bits per heavy atom. The average molecular weight is 255 g/mol. The summed E-state index contributed by atoms with van der Waals surface area (Å²) in [6, 6.07) is 0.258. The predicted molar refractivity (Wildman–Crippen MR) is 74.2 cm³/mol. The first-order valence-corrected chi connectivity index (χ1v) is 7.21. The van der Waals surface area contributed by atoms with Gasteiger partial charge in [-0.3, -0.25) is 4.79 Å². The molecule has 1 saturated heterocycles. The summed E-state index contributed by atoms with van der Waals surface area (Å²) in [5.74, 6) is 2.61. The molecule has 3 atom stereocenters. The number of ether oxygens (including phenoxy) is 1. The van der Waals surface area contributed by atoms with E-state index < -0.39 is 0 Å². The SMILES string of the molecule is CC(C)C1COCC(=O)NC(C(C)C)C1C(C)C. The van der Waals surface area contributed by atoms with Gasteiger partial charge in [0.15, 0.2) is 0 Å². The molecule has 0 spiro atoms. The summed E-state index contributed by atoms with van der Waals surface area (Å²) < 4.78 is 5.56. The zero-order chi connectivity index (χ0) is 13.9. The first-order chi connectivity index (χ1) is 8.34. The van der Waals surface area contributed by atoms with Gasteiger partial charge in [-0.05, 0) is 29.6 Å². The lowest BCUT2D eigenvalue weighted by Crippen LogP contribution is -2.52. The van der Waals surface area contributed by atoms with E-state index in [4.69, 9.17) is 4.74 Å². The largest absolute Gasteiger partial charge is 0.371 e. The second kappa shape index (κ2) is 6.55. The lowest BCUT2D eigenvalue weighted by atomic mass is 9.70. The van der Waals surface area contributed by atoms with E-state index in [0.717, 1.165) is 0 Å². The molecule has 0 saturated carbocycles. The fourth-order valence-electron chi connectivity index (χ4n) is 3.15. The Morgan fingerprint density at radius 3 is 2.11 bits per heavy atom. The maximum absolute atomic E-state index is 11.8. The molecule has 0 aliphatic carbocycles. The Balaban J connectivity index is 3.01. The molecule has 1 aliphatic rings. The van der Waals surface area contributed by atoms with Crippen LogP contribution in [0, 0.1) is 29.6 Å². The van der Waals surface area contributed by atoms with Crippen molar-refractivity contribution in [3.63, 3.8) is 0 Å². The molecule has 0 aromatic carbocycles. The lowest BCUT2D eigenvalue weighted by molar-refractivity contribution is -0.131. The summed E-state index contributed by atoms with van der Waals surface area (Å²) in [5.41, 5.74) is 0. The van der Waals surface area contributed by atoms with Gasteiger partial charge in [0.25, 0.3) is 0 Å². The van der Waals surface area contributed by atoms with Gasteiger partial charge in [0.2, 0.25) is 5.91 Å². The molecule has 3 nitrogen and oxygen atoms in total. The lowest BCUT2D eigenvalue weighted by Gasteiger charge is -2.42. The third kappa shape index (κ3) is 3.71. The molecule has 3 heteroatoms. The van der Waals surface area contributed by atoms with E-state index in [0.29, 0.717) is 36.2 Å². The molecule has 0 radical (unpaired) electrons. The van der Waals surface area contributed by atoms with E-state index >= 15 is 0 Å².